The van der Waals surface area contributed by atoms with E-state index in [4.69, 9.17) is 15.2 Å². The number of methoxy groups -OCH3 is 1. The molecular weight excluding hydrogens is 660 g/mol. The minimum absolute atomic E-state index is 0.00614. The maximum absolute atomic E-state index is 13.7. The van der Waals surface area contributed by atoms with Crippen LogP contribution in [-0.4, -0.2) is 108 Å². The van der Waals surface area contributed by atoms with Gasteiger partial charge in [-0.2, -0.15) is 0 Å². The third-order valence-electron chi connectivity index (χ3n) is 8.80. The van der Waals surface area contributed by atoms with Gasteiger partial charge in [-0.25, -0.2) is 9.59 Å². The normalized spacial score (nSPS) is 18.4. The zero-order valence-electron chi connectivity index (χ0n) is 31.2. The van der Waals surface area contributed by atoms with Gasteiger partial charge in [-0.05, 0) is 64.0 Å². The number of aliphatic hydroxyl groups excluding tert-OH is 1. The van der Waals surface area contributed by atoms with E-state index in [1.165, 1.54) is 7.11 Å². The summed E-state index contributed by atoms with van der Waals surface area (Å²) in [6.07, 6.45) is -0.712. The van der Waals surface area contributed by atoms with Gasteiger partial charge in [-0.3, -0.25) is 24.1 Å². The molecule has 1 aromatic rings. The van der Waals surface area contributed by atoms with Crippen molar-refractivity contribution in [2.24, 2.45) is 17.6 Å². The molecule has 5 amide bonds. The second-order valence-electron chi connectivity index (χ2n) is 14.5. The summed E-state index contributed by atoms with van der Waals surface area (Å²) in [5.74, 6) is -3.55. The quantitative estimate of drug-likeness (QED) is 0.119. The molecule has 286 valence electrons. The molecule has 15 nitrogen and oxygen atoms in total. The SMILES string of the molecule is CC[C@H](C)[C@H](NC(=O)C1CCCN1C[C@@H](O)[C@H](Cc1ccccc1)NC(=O)[C@H](CC(N)=O)NC(=O)OC(C)(C)C)C(=O)N[C@H](C(=O)OC)C(C)C. The summed E-state index contributed by atoms with van der Waals surface area (Å²) >= 11 is 0. The fourth-order valence-corrected chi connectivity index (χ4v) is 5.82. The molecule has 1 saturated heterocycles. The molecule has 7 N–H and O–H groups in total. The lowest BCUT2D eigenvalue weighted by molar-refractivity contribution is -0.147. The van der Waals surface area contributed by atoms with Gasteiger partial charge in [0.05, 0.1) is 31.7 Å². The number of likely N-dealkylation sites (tertiary alicyclic amines) is 1. The van der Waals surface area contributed by atoms with E-state index < -0.39 is 84.0 Å². The van der Waals surface area contributed by atoms with Crippen molar-refractivity contribution in [3.8, 4) is 0 Å². The average molecular weight is 719 g/mol. The molecule has 1 aliphatic rings. The van der Waals surface area contributed by atoms with Gasteiger partial charge in [0.1, 0.15) is 23.7 Å². The molecule has 1 aliphatic heterocycles. The summed E-state index contributed by atoms with van der Waals surface area (Å²) in [4.78, 5) is 79.1. The van der Waals surface area contributed by atoms with E-state index in [2.05, 4.69) is 21.3 Å². The van der Waals surface area contributed by atoms with Crippen molar-refractivity contribution >= 4 is 35.7 Å². The number of nitrogens with two attached hydrogens (primary N) is 1. The molecule has 1 heterocycles. The topological polar surface area (TPSA) is 218 Å². The van der Waals surface area contributed by atoms with Crippen molar-refractivity contribution < 1.29 is 43.3 Å². The molecule has 0 spiro atoms. The molecule has 7 atom stereocenters. The number of benzene rings is 1. The van der Waals surface area contributed by atoms with E-state index in [0.29, 0.717) is 25.8 Å². The molecular formula is C36H58N6O9. The highest BCUT2D eigenvalue weighted by Gasteiger charge is 2.38. The first-order valence-corrected chi connectivity index (χ1v) is 17.6. The van der Waals surface area contributed by atoms with Gasteiger partial charge in [-0.1, -0.05) is 64.4 Å². The van der Waals surface area contributed by atoms with Crippen molar-refractivity contribution in [1.29, 1.82) is 0 Å². The summed E-state index contributed by atoms with van der Waals surface area (Å²) in [7, 11) is 1.25. The molecule has 0 aliphatic carbocycles. The van der Waals surface area contributed by atoms with Crippen LogP contribution in [0, 0.1) is 11.8 Å². The first-order chi connectivity index (χ1) is 23.9. The zero-order valence-corrected chi connectivity index (χ0v) is 31.2. The van der Waals surface area contributed by atoms with Crippen molar-refractivity contribution in [3.05, 3.63) is 35.9 Å². The smallest absolute Gasteiger partial charge is 0.408 e. The molecule has 51 heavy (non-hydrogen) atoms. The Kier molecular flexibility index (Phi) is 16.8. The first-order valence-electron chi connectivity index (χ1n) is 17.6. The number of nitrogens with zero attached hydrogens (tertiary/aromatic N) is 1. The van der Waals surface area contributed by atoms with E-state index in [0.717, 1.165) is 5.56 Å². The number of alkyl carbamates (subject to hydrolysis) is 1. The lowest BCUT2D eigenvalue weighted by Crippen LogP contribution is -2.59. The van der Waals surface area contributed by atoms with Gasteiger partial charge in [0.2, 0.25) is 23.6 Å². The van der Waals surface area contributed by atoms with E-state index in [-0.39, 0.29) is 24.8 Å². The highest BCUT2D eigenvalue weighted by atomic mass is 16.6. The minimum Gasteiger partial charge on any atom is -0.467 e. The lowest BCUT2D eigenvalue weighted by Gasteiger charge is -2.33. The molecule has 0 radical (unpaired) electrons. The number of aliphatic hydroxyl groups is 1. The molecule has 0 saturated carbocycles. The Labute approximate surface area is 301 Å². The van der Waals surface area contributed by atoms with Crippen molar-refractivity contribution in [1.82, 2.24) is 26.2 Å². The van der Waals surface area contributed by atoms with Gasteiger partial charge >= 0.3 is 12.1 Å². The number of carbonyl (C=O) groups is 6. The predicted molar refractivity (Wildman–Crippen MR) is 190 cm³/mol. The molecule has 2 rings (SSSR count). The van der Waals surface area contributed by atoms with Gasteiger partial charge in [0.25, 0.3) is 0 Å². The summed E-state index contributed by atoms with van der Waals surface area (Å²) in [6, 6.07) is 4.39. The zero-order chi connectivity index (χ0) is 38.5. The molecule has 1 fully saturated rings. The summed E-state index contributed by atoms with van der Waals surface area (Å²) in [5.41, 5.74) is 5.33. The van der Waals surface area contributed by atoms with Gasteiger partial charge in [0.15, 0.2) is 0 Å². The third-order valence-corrected chi connectivity index (χ3v) is 8.80. The van der Waals surface area contributed by atoms with E-state index >= 15 is 0 Å². The van der Waals surface area contributed by atoms with Crippen LogP contribution in [0.25, 0.3) is 0 Å². The number of primary amides is 1. The predicted octanol–water partition coefficient (Wildman–Crippen LogP) is 1.15. The number of nitrogens with one attached hydrogen (secondary N) is 4. The van der Waals surface area contributed by atoms with Crippen molar-refractivity contribution in [2.75, 3.05) is 20.2 Å². The standard InChI is InChI=1S/C36H58N6O9/c1-9-22(4)30(33(47)40-29(21(2)3)34(48)50-8)41-32(46)26-16-13-17-42(26)20-27(43)24(18-23-14-11-10-12-15-23)38-31(45)25(19-28(37)44)39-35(49)51-36(5,6)7/h10-12,14-15,21-22,24-27,29-30,43H,9,13,16-20H2,1-8H3,(H2,37,44)(H,38,45)(H,39,49)(H,40,47)(H,41,46)/t22-,24-,25-,26?,27+,29-,30-/m0/s1. The largest absolute Gasteiger partial charge is 0.467 e. The number of esters is 1. The Balaban J connectivity index is 2.26. The Bertz CT molecular complexity index is 1340. The minimum atomic E-state index is -1.37. The number of hydrogen-bond acceptors (Lipinski definition) is 10. The average Bonchev–Trinajstić information content (AvgIpc) is 3.51. The third kappa shape index (κ3) is 14.1. The molecule has 15 heteroatoms. The Morgan fingerprint density at radius 2 is 1.61 bits per heavy atom. The summed E-state index contributed by atoms with van der Waals surface area (Å²) in [6.45, 7) is 12.7. The maximum Gasteiger partial charge on any atom is 0.408 e. The van der Waals surface area contributed by atoms with Crippen LogP contribution in [0.3, 0.4) is 0 Å². The van der Waals surface area contributed by atoms with Crippen LogP contribution in [0.5, 0.6) is 0 Å². The Morgan fingerprint density at radius 3 is 2.16 bits per heavy atom. The number of ether oxygens (including phenoxy) is 2. The lowest BCUT2D eigenvalue weighted by atomic mass is 9.96. The van der Waals surface area contributed by atoms with Crippen LogP contribution in [0.15, 0.2) is 30.3 Å². The van der Waals surface area contributed by atoms with Crippen molar-refractivity contribution in [3.63, 3.8) is 0 Å². The number of amides is 5. The Hall–Kier alpha value is -4.24. The van der Waals surface area contributed by atoms with Crippen molar-refractivity contribution in [2.45, 2.75) is 122 Å². The van der Waals surface area contributed by atoms with Crippen LogP contribution >= 0.6 is 0 Å². The summed E-state index contributed by atoms with van der Waals surface area (Å²) in [5, 5.41) is 22.4. The van der Waals surface area contributed by atoms with E-state index in [1.807, 2.05) is 44.2 Å². The maximum atomic E-state index is 13.7. The highest BCUT2D eigenvalue weighted by Crippen LogP contribution is 2.21. The van der Waals surface area contributed by atoms with Gasteiger partial charge in [-0.15, -0.1) is 0 Å². The number of β-amino-alcohol motifs (C(OH)–C–C–N with tert-alkyl or cyclic N) is 1. The second kappa shape index (κ2) is 20.0. The molecule has 0 aromatic heterocycles. The highest BCUT2D eigenvalue weighted by molar-refractivity contribution is 5.92. The molecule has 1 aromatic carbocycles. The molecule has 1 unspecified atom stereocenters. The van der Waals surface area contributed by atoms with Gasteiger partial charge < -0.3 is 41.6 Å². The van der Waals surface area contributed by atoms with Crippen LogP contribution in [0.2, 0.25) is 0 Å². The van der Waals surface area contributed by atoms with Crippen LogP contribution < -0.4 is 27.0 Å². The number of carbonyl (C=O) groups excluding carboxylic acids is 6. The van der Waals surface area contributed by atoms with Crippen LogP contribution in [0.4, 0.5) is 4.79 Å². The summed E-state index contributed by atoms with van der Waals surface area (Å²) < 4.78 is 10.1. The first kappa shape index (κ1) is 42.9. The van der Waals surface area contributed by atoms with E-state index in [9.17, 15) is 33.9 Å². The van der Waals surface area contributed by atoms with E-state index in [1.54, 1.807) is 39.5 Å². The Morgan fingerprint density at radius 1 is 0.961 bits per heavy atom. The molecule has 0 bridgehead atoms. The fourth-order valence-electron chi connectivity index (χ4n) is 5.82. The van der Waals surface area contributed by atoms with Gasteiger partial charge in [0, 0.05) is 6.54 Å². The van der Waals surface area contributed by atoms with Crippen LogP contribution in [-0.2, 0) is 39.9 Å². The monoisotopic (exact) mass is 718 g/mol. The fraction of sp³-hybridized carbons (Fsp3) is 0.667. The second-order valence-corrected chi connectivity index (χ2v) is 14.5. The van der Waals surface area contributed by atoms with Crippen LogP contribution in [0.1, 0.15) is 79.7 Å². The number of hydrogen-bond donors (Lipinski definition) is 6. The number of rotatable bonds is 18.